The molecular formula is C3H13NO2Si2. The number of amides is 1. The van der Waals surface area contributed by atoms with Gasteiger partial charge >= 0.3 is 0 Å². The minimum Gasteiger partial charge on any atom is -0.471 e. The summed E-state index contributed by atoms with van der Waals surface area (Å²) in [7, 11) is 3.46. The smallest absolute Gasteiger partial charge is 0.216 e. The minimum absolute atomic E-state index is 0.00463. The zero-order valence-corrected chi connectivity index (χ0v) is 9.82. The molecule has 0 saturated carbocycles. The van der Waals surface area contributed by atoms with Gasteiger partial charge in [0.25, 0.3) is 0 Å². The summed E-state index contributed by atoms with van der Waals surface area (Å²) < 4.78 is 4.53. The van der Waals surface area contributed by atoms with E-state index in [0.717, 1.165) is 21.0 Å². The molecule has 0 spiro atoms. The van der Waals surface area contributed by atoms with Crippen LogP contribution in [0.25, 0.3) is 0 Å². The highest BCUT2D eigenvalue weighted by Crippen LogP contribution is 1.45. The molecule has 0 atom stereocenters. The lowest BCUT2D eigenvalue weighted by molar-refractivity contribution is -0.118. The molecule has 8 heavy (non-hydrogen) atoms. The van der Waals surface area contributed by atoms with Gasteiger partial charge < -0.3 is 9.43 Å². The maximum absolute atomic E-state index is 9.70. The summed E-state index contributed by atoms with van der Waals surface area (Å²) in [4.78, 5) is 9.70. The van der Waals surface area contributed by atoms with Crippen LogP contribution in [0, 0.1) is 0 Å². The maximum atomic E-state index is 9.70. The van der Waals surface area contributed by atoms with Crippen molar-refractivity contribution in [3.63, 3.8) is 0 Å². The Hall–Kier alpha value is -0.136. The van der Waals surface area contributed by atoms with Crippen molar-refractivity contribution in [3.05, 3.63) is 0 Å². The van der Waals surface area contributed by atoms with Crippen LogP contribution in [0.3, 0.4) is 0 Å². The minimum atomic E-state index is 0.00463. The van der Waals surface area contributed by atoms with E-state index in [4.69, 9.17) is 0 Å². The van der Waals surface area contributed by atoms with E-state index >= 15 is 0 Å². The van der Waals surface area contributed by atoms with Gasteiger partial charge in [-0.15, -0.1) is 0 Å². The fraction of sp³-hybridized carbons (Fsp3) is 0.667. The van der Waals surface area contributed by atoms with Crippen molar-refractivity contribution in [2.75, 3.05) is 7.05 Å². The van der Waals surface area contributed by atoms with E-state index in [1.54, 1.807) is 7.05 Å². The Morgan fingerprint density at radius 2 is 1.75 bits per heavy atom. The fourth-order valence-electron chi connectivity index (χ4n) is 0. The van der Waals surface area contributed by atoms with Crippen LogP contribution < -0.4 is 5.32 Å². The highest BCUT2D eigenvalue weighted by molar-refractivity contribution is 6.15. The summed E-state index contributed by atoms with van der Waals surface area (Å²) in [5.74, 6) is 0.00463. The third kappa shape index (κ3) is 39.9. The third-order valence-electron chi connectivity index (χ3n) is 0.352. The maximum Gasteiger partial charge on any atom is 0.216 e. The Morgan fingerprint density at radius 3 is 1.75 bits per heavy atom. The van der Waals surface area contributed by atoms with Gasteiger partial charge in [-0.3, -0.25) is 4.79 Å². The summed E-state index contributed by atoms with van der Waals surface area (Å²) in [5, 5.41) is 2.39. The number of hydrogen-bond donors (Lipinski definition) is 1. The number of nitrogens with one attached hydrogen (secondary N) is 1. The van der Waals surface area contributed by atoms with E-state index in [-0.39, 0.29) is 5.91 Å². The Kier molecular flexibility index (Phi) is 13.4. The molecule has 0 heterocycles. The fourth-order valence-corrected chi connectivity index (χ4v) is 0. The molecule has 5 heteroatoms. The van der Waals surface area contributed by atoms with Gasteiger partial charge in [-0.25, -0.2) is 0 Å². The molecule has 0 unspecified atom stereocenters. The Bertz CT molecular complexity index is 59.2. The molecular weight excluding hydrogens is 138 g/mol. The van der Waals surface area contributed by atoms with Crippen molar-refractivity contribution in [3.8, 4) is 0 Å². The normalized spacial score (nSPS) is 7.25. The number of carbonyl (C=O) groups excluding carboxylic acids is 1. The highest BCUT2D eigenvalue weighted by Gasteiger charge is 1.72. The molecule has 0 rings (SSSR count). The van der Waals surface area contributed by atoms with Gasteiger partial charge in [0.05, 0.1) is 0 Å². The van der Waals surface area contributed by atoms with Crippen molar-refractivity contribution in [2.24, 2.45) is 0 Å². The molecule has 1 N–H and O–H groups in total. The lowest BCUT2D eigenvalue weighted by Gasteiger charge is -1.80. The summed E-state index contributed by atoms with van der Waals surface area (Å²) in [6.07, 6.45) is 0. The van der Waals surface area contributed by atoms with E-state index in [2.05, 4.69) is 9.43 Å². The van der Waals surface area contributed by atoms with Gasteiger partial charge in [0.2, 0.25) is 5.91 Å². The van der Waals surface area contributed by atoms with Crippen molar-refractivity contribution >= 4 is 26.9 Å². The van der Waals surface area contributed by atoms with E-state index in [1.807, 2.05) is 0 Å². The number of rotatable bonds is 0. The molecule has 0 fully saturated rings. The van der Waals surface area contributed by atoms with Crippen LogP contribution in [-0.2, 0) is 8.91 Å². The molecule has 0 aromatic carbocycles. The van der Waals surface area contributed by atoms with E-state index < -0.39 is 0 Å². The lowest BCUT2D eigenvalue weighted by Crippen LogP contribution is -2.11. The van der Waals surface area contributed by atoms with E-state index in [1.165, 1.54) is 6.92 Å². The molecule has 0 radical (unpaired) electrons. The second-order valence-corrected chi connectivity index (χ2v) is 4.48. The quantitative estimate of drug-likeness (QED) is 0.383. The highest BCUT2D eigenvalue weighted by atomic mass is 28.3. The Morgan fingerprint density at radius 1 is 1.62 bits per heavy atom. The summed E-state index contributed by atoms with van der Waals surface area (Å²) in [5.41, 5.74) is 0. The topological polar surface area (TPSA) is 38.3 Å². The van der Waals surface area contributed by atoms with Crippen molar-refractivity contribution in [1.82, 2.24) is 5.32 Å². The van der Waals surface area contributed by atoms with Crippen LogP contribution in [0.5, 0.6) is 0 Å². The summed E-state index contributed by atoms with van der Waals surface area (Å²) in [6, 6.07) is 0. The largest absolute Gasteiger partial charge is 0.471 e. The monoisotopic (exact) mass is 151 g/mol. The second-order valence-electron chi connectivity index (χ2n) is 1.21. The molecule has 0 aliphatic carbocycles. The second kappa shape index (κ2) is 9.98. The molecule has 1 amide bonds. The van der Waals surface area contributed by atoms with E-state index in [9.17, 15) is 4.79 Å². The Labute approximate surface area is 55.9 Å². The average molecular weight is 151 g/mol. The molecule has 3 nitrogen and oxygen atoms in total. The lowest BCUT2D eigenvalue weighted by atomic mass is 10.7. The predicted octanol–water partition coefficient (Wildman–Crippen LogP) is -2.68. The SMILES string of the molecule is CNC(C)=O.[SiH3]O[SiH3]. The first-order chi connectivity index (χ1) is 3.68. The molecule has 0 aromatic rings. The van der Waals surface area contributed by atoms with Crippen molar-refractivity contribution < 1.29 is 8.91 Å². The third-order valence-corrected chi connectivity index (χ3v) is 0.352. The molecule has 50 valence electrons. The first-order valence-corrected chi connectivity index (χ1v) is 3.90. The number of hydrogen-bond acceptors (Lipinski definition) is 2. The zero-order valence-electron chi connectivity index (χ0n) is 5.82. The standard InChI is InChI=1S/C3H7NO.H6OSi2/c1-3(5)4-2;2-1-3/h1-2H3,(H,4,5);2-3H3. The van der Waals surface area contributed by atoms with Gasteiger partial charge in [0.1, 0.15) is 21.0 Å². The summed E-state index contributed by atoms with van der Waals surface area (Å²) >= 11 is 0. The van der Waals surface area contributed by atoms with Crippen LogP contribution in [0.4, 0.5) is 0 Å². The van der Waals surface area contributed by atoms with Crippen LogP contribution in [0.15, 0.2) is 0 Å². The molecule has 0 aromatic heterocycles. The zero-order chi connectivity index (χ0) is 6.99. The van der Waals surface area contributed by atoms with Crippen LogP contribution in [0.1, 0.15) is 6.92 Å². The number of carbonyl (C=O) groups is 1. The summed E-state index contributed by atoms with van der Waals surface area (Å²) in [6.45, 7) is 1.47. The van der Waals surface area contributed by atoms with Crippen LogP contribution >= 0.6 is 0 Å². The van der Waals surface area contributed by atoms with Crippen molar-refractivity contribution in [2.45, 2.75) is 6.92 Å². The van der Waals surface area contributed by atoms with Gasteiger partial charge in [-0.1, -0.05) is 0 Å². The van der Waals surface area contributed by atoms with E-state index in [0.29, 0.717) is 0 Å². The van der Waals surface area contributed by atoms with Crippen LogP contribution in [0.2, 0.25) is 0 Å². The molecule has 0 saturated heterocycles. The van der Waals surface area contributed by atoms with Gasteiger partial charge in [-0.2, -0.15) is 0 Å². The van der Waals surface area contributed by atoms with Gasteiger partial charge in [-0.05, 0) is 0 Å². The molecule has 0 aliphatic heterocycles. The molecule has 0 aliphatic rings. The van der Waals surface area contributed by atoms with Crippen molar-refractivity contribution in [1.29, 1.82) is 0 Å². The predicted molar refractivity (Wildman–Crippen MR) is 40.7 cm³/mol. The Balaban J connectivity index is 0. The first kappa shape index (κ1) is 10.8. The van der Waals surface area contributed by atoms with Gasteiger partial charge in [0.15, 0.2) is 0 Å². The molecule has 0 bridgehead atoms. The average Bonchev–Trinajstić information content (AvgIpc) is 1.69. The van der Waals surface area contributed by atoms with Crippen LogP contribution in [-0.4, -0.2) is 33.9 Å². The first-order valence-electron chi connectivity index (χ1n) is 2.27. The van der Waals surface area contributed by atoms with Gasteiger partial charge in [0, 0.05) is 14.0 Å².